The van der Waals surface area contributed by atoms with Crippen LogP contribution in [0.5, 0.6) is 0 Å². The van der Waals surface area contributed by atoms with Crippen molar-refractivity contribution in [2.45, 2.75) is 39.2 Å². The lowest BCUT2D eigenvalue weighted by atomic mass is 9.86. The number of nitrogens with one attached hydrogen (secondary N) is 1. The number of carbonyl (C=O) groups excluding carboxylic acids is 2. The maximum atomic E-state index is 12.7. The van der Waals surface area contributed by atoms with Gasteiger partial charge in [0.15, 0.2) is 0 Å². The lowest BCUT2D eigenvalue weighted by molar-refractivity contribution is 0.0739. The number of anilines is 1. The van der Waals surface area contributed by atoms with Crippen molar-refractivity contribution < 1.29 is 9.59 Å². The van der Waals surface area contributed by atoms with Gasteiger partial charge >= 0.3 is 0 Å². The van der Waals surface area contributed by atoms with Crippen LogP contribution in [0.3, 0.4) is 0 Å². The molecule has 2 amide bonds. The highest BCUT2D eigenvalue weighted by Crippen LogP contribution is 2.26. The predicted molar refractivity (Wildman–Crippen MR) is 122 cm³/mol. The van der Waals surface area contributed by atoms with E-state index in [2.05, 4.69) is 32.2 Å². The van der Waals surface area contributed by atoms with E-state index in [1.807, 2.05) is 58.8 Å². The van der Waals surface area contributed by atoms with Gasteiger partial charge in [0, 0.05) is 24.3 Å². The average Bonchev–Trinajstić information content (AvgIpc) is 3.27. The third kappa shape index (κ3) is 4.31. The molecule has 1 aliphatic heterocycles. The largest absolute Gasteiger partial charge is 0.333 e. The molecule has 3 aromatic rings. The summed E-state index contributed by atoms with van der Waals surface area (Å²) in [7, 11) is 0. The maximum Gasteiger partial charge on any atom is 0.264 e. The average molecular weight is 419 g/mol. The van der Waals surface area contributed by atoms with E-state index >= 15 is 0 Å². The molecule has 0 radical (unpaired) electrons. The van der Waals surface area contributed by atoms with Crippen LogP contribution in [-0.4, -0.2) is 23.3 Å². The lowest BCUT2D eigenvalue weighted by Crippen LogP contribution is -2.35. The second kappa shape index (κ2) is 8.07. The Morgan fingerprint density at radius 2 is 1.77 bits per heavy atom. The molecule has 2 heterocycles. The number of nitrogens with zero attached hydrogens (tertiary/aromatic N) is 1. The molecule has 1 aliphatic rings. The van der Waals surface area contributed by atoms with E-state index in [9.17, 15) is 9.59 Å². The van der Waals surface area contributed by atoms with Gasteiger partial charge in [0.2, 0.25) is 0 Å². The fraction of sp³-hybridized carbons (Fsp3) is 0.280. The van der Waals surface area contributed by atoms with Gasteiger partial charge in [-0.3, -0.25) is 9.59 Å². The minimum Gasteiger partial charge on any atom is -0.333 e. The predicted octanol–water partition coefficient (Wildman–Crippen LogP) is 5.50. The third-order valence-electron chi connectivity index (χ3n) is 5.51. The molecule has 0 saturated carbocycles. The number of fused-ring (bicyclic) bond motifs is 1. The first kappa shape index (κ1) is 20.4. The van der Waals surface area contributed by atoms with Crippen molar-refractivity contribution in [2.24, 2.45) is 0 Å². The number of hydrogen-bond acceptors (Lipinski definition) is 3. The summed E-state index contributed by atoms with van der Waals surface area (Å²) in [6.45, 7) is 7.75. The number of amides is 2. The van der Waals surface area contributed by atoms with Crippen molar-refractivity contribution in [3.05, 3.63) is 87.1 Å². The minimum atomic E-state index is -0.127. The van der Waals surface area contributed by atoms with Crippen molar-refractivity contribution in [3.63, 3.8) is 0 Å². The van der Waals surface area contributed by atoms with E-state index in [1.165, 1.54) is 22.5 Å². The van der Waals surface area contributed by atoms with Crippen LogP contribution in [0.2, 0.25) is 0 Å². The quantitative estimate of drug-likeness (QED) is 0.611. The summed E-state index contributed by atoms with van der Waals surface area (Å²) in [5, 5.41) is 4.92. The highest BCUT2D eigenvalue weighted by molar-refractivity contribution is 7.12. The molecular formula is C25H26N2O2S. The van der Waals surface area contributed by atoms with Gasteiger partial charge < -0.3 is 10.2 Å². The molecule has 5 heteroatoms. The molecular weight excluding hydrogens is 392 g/mol. The normalized spacial score (nSPS) is 13.6. The smallest absolute Gasteiger partial charge is 0.264 e. The minimum absolute atomic E-state index is 0.0555. The number of carbonyl (C=O) groups is 2. The maximum absolute atomic E-state index is 12.7. The molecule has 0 unspecified atom stereocenters. The summed E-state index contributed by atoms with van der Waals surface area (Å²) in [6.07, 6.45) is 0.828. The molecule has 0 spiro atoms. The topological polar surface area (TPSA) is 49.4 Å². The zero-order valence-electron chi connectivity index (χ0n) is 17.6. The summed E-state index contributed by atoms with van der Waals surface area (Å²) in [5.41, 5.74) is 4.97. The molecule has 0 bridgehead atoms. The summed E-state index contributed by atoms with van der Waals surface area (Å²) in [5.74, 6) is -0.0539. The van der Waals surface area contributed by atoms with Crippen molar-refractivity contribution in [1.29, 1.82) is 0 Å². The highest BCUT2D eigenvalue weighted by atomic mass is 32.1. The fourth-order valence-corrected chi connectivity index (χ4v) is 4.38. The molecule has 1 aromatic heterocycles. The van der Waals surface area contributed by atoms with Gasteiger partial charge in [-0.25, -0.2) is 0 Å². The Balaban J connectivity index is 1.47. The van der Waals surface area contributed by atoms with Crippen molar-refractivity contribution in [3.8, 4) is 0 Å². The summed E-state index contributed by atoms with van der Waals surface area (Å²) in [4.78, 5) is 28.0. The van der Waals surface area contributed by atoms with Crippen molar-refractivity contribution >= 4 is 28.8 Å². The van der Waals surface area contributed by atoms with Crippen LogP contribution in [0.25, 0.3) is 0 Å². The van der Waals surface area contributed by atoms with Gasteiger partial charge in [0.25, 0.3) is 11.8 Å². The van der Waals surface area contributed by atoms with E-state index in [1.54, 1.807) is 0 Å². The zero-order valence-corrected chi connectivity index (χ0v) is 18.4. The van der Waals surface area contributed by atoms with Gasteiger partial charge in [-0.1, -0.05) is 45.0 Å². The van der Waals surface area contributed by atoms with Crippen LogP contribution in [0.1, 0.15) is 57.5 Å². The van der Waals surface area contributed by atoms with Crippen LogP contribution in [-0.2, 0) is 18.4 Å². The zero-order chi connectivity index (χ0) is 21.3. The van der Waals surface area contributed by atoms with E-state index < -0.39 is 0 Å². The number of thiophene rings is 1. The summed E-state index contributed by atoms with van der Waals surface area (Å²) >= 11 is 1.47. The van der Waals surface area contributed by atoms with Crippen molar-refractivity contribution in [1.82, 2.24) is 4.90 Å². The molecule has 1 N–H and O–H groups in total. The van der Waals surface area contributed by atoms with E-state index in [4.69, 9.17) is 0 Å². The van der Waals surface area contributed by atoms with Gasteiger partial charge in [-0.2, -0.15) is 0 Å². The third-order valence-corrected chi connectivity index (χ3v) is 6.37. The SMILES string of the molecule is CC(C)(C)c1ccc(C(=O)Nc2ccc3c(c2)CN(C(=O)c2cccs2)CC3)cc1. The number of hydrogen-bond donors (Lipinski definition) is 1. The molecule has 0 fully saturated rings. The van der Waals surface area contributed by atoms with Crippen LogP contribution in [0.4, 0.5) is 5.69 Å². The molecule has 2 aromatic carbocycles. The van der Waals surface area contributed by atoms with Crippen molar-refractivity contribution in [2.75, 3.05) is 11.9 Å². The highest BCUT2D eigenvalue weighted by Gasteiger charge is 2.23. The Morgan fingerprint density at radius 3 is 2.43 bits per heavy atom. The van der Waals surface area contributed by atoms with Gasteiger partial charge in [0.05, 0.1) is 4.88 Å². The van der Waals surface area contributed by atoms with Gasteiger partial charge in [-0.15, -0.1) is 11.3 Å². The molecule has 30 heavy (non-hydrogen) atoms. The Kier molecular flexibility index (Phi) is 5.48. The first-order chi connectivity index (χ1) is 14.3. The Labute approximate surface area is 181 Å². The molecule has 4 rings (SSSR count). The Hall–Kier alpha value is -2.92. The second-order valence-electron chi connectivity index (χ2n) is 8.72. The molecule has 0 saturated heterocycles. The number of benzene rings is 2. The van der Waals surface area contributed by atoms with Crippen LogP contribution >= 0.6 is 11.3 Å². The van der Waals surface area contributed by atoms with Gasteiger partial charge in [-0.05, 0) is 64.2 Å². The Morgan fingerprint density at radius 1 is 1.00 bits per heavy atom. The second-order valence-corrected chi connectivity index (χ2v) is 9.67. The fourth-order valence-electron chi connectivity index (χ4n) is 3.69. The first-order valence-corrected chi connectivity index (χ1v) is 11.1. The van der Waals surface area contributed by atoms with E-state index in [-0.39, 0.29) is 17.2 Å². The van der Waals surface area contributed by atoms with E-state index in [0.29, 0.717) is 12.1 Å². The summed E-state index contributed by atoms with van der Waals surface area (Å²) < 4.78 is 0. The number of rotatable bonds is 3. The standard InChI is InChI=1S/C25H26N2O2S/c1-25(2,3)20-9-6-18(7-10-20)23(28)26-21-11-8-17-12-13-27(16-19(17)15-21)24(29)22-5-4-14-30-22/h4-11,14-15H,12-13,16H2,1-3H3,(H,26,28). The molecule has 0 atom stereocenters. The van der Waals surface area contributed by atoms with Crippen LogP contribution in [0.15, 0.2) is 60.0 Å². The van der Waals surface area contributed by atoms with E-state index in [0.717, 1.165) is 29.1 Å². The van der Waals surface area contributed by atoms with Crippen LogP contribution < -0.4 is 5.32 Å². The molecule has 154 valence electrons. The Bertz CT molecular complexity index is 1060. The summed E-state index contributed by atoms with van der Waals surface area (Å²) in [6, 6.07) is 17.5. The van der Waals surface area contributed by atoms with Gasteiger partial charge in [0.1, 0.15) is 0 Å². The lowest BCUT2D eigenvalue weighted by Gasteiger charge is -2.29. The van der Waals surface area contributed by atoms with Crippen LogP contribution in [0, 0.1) is 0 Å². The monoisotopic (exact) mass is 418 g/mol. The first-order valence-electron chi connectivity index (χ1n) is 10.2. The molecule has 0 aliphatic carbocycles. The molecule has 4 nitrogen and oxygen atoms in total.